The minimum absolute atomic E-state index is 0. The maximum atomic E-state index is 5.18. The second-order valence-electron chi connectivity index (χ2n) is 6.05. The summed E-state index contributed by atoms with van der Waals surface area (Å²) >= 11 is 0. The van der Waals surface area contributed by atoms with Crippen LogP contribution in [0.1, 0.15) is 22.5 Å². The SMILES string of the molecule is CN=C(NCCc1ccc(OC)cc1)NCCc1c(C)nn(C)c1C.I. The highest BCUT2D eigenvalue weighted by Gasteiger charge is 2.09. The van der Waals surface area contributed by atoms with E-state index in [1.165, 1.54) is 16.8 Å². The Bertz CT molecular complexity index is 709. The zero-order chi connectivity index (χ0) is 18.2. The number of ether oxygens (including phenoxy) is 1. The molecule has 0 saturated carbocycles. The molecule has 0 saturated heterocycles. The molecule has 0 aliphatic rings. The van der Waals surface area contributed by atoms with Crippen LogP contribution in [0, 0.1) is 13.8 Å². The minimum Gasteiger partial charge on any atom is -0.497 e. The lowest BCUT2D eigenvalue weighted by Crippen LogP contribution is -2.39. The lowest BCUT2D eigenvalue weighted by molar-refractivity contribution is 0.414. The van der Waals surface area contributed by atoms with Crippen molar-refractivity contribution >= 4 is 29.9 Å². The van der Waals surface area contributed by atoms with Gasteiger partial charge >= 0.3 is 0 Å². The van der Waals surface area contributed by atoms with Crippen molar-refractivity contribution < 1.29 is 4.74 Å². The summed E-state index contributed by atoms with van der Waals surface area (Å²) in [4.78, 5) is 4.28. The molecule has 0 spiro atoms. The molecule has 6 nitrogen and oxygen atoms in total. The van der Waals surface area contributed by atoms with Crippen LogP contribution in [0.3, 0.4) is 0 Å². The zero-order valence-corrected chi connectivity index (χ0v) is 18.6. The van der Waals surface area contributed by atoms with Crippen LogP contribution in [0.2, 0.25) is 0 Å². The van der Waals surface area contributed by atoms with Crippen LogP contribution in [0.15, 0.2) is 29.3 Å². The third kappa shape index (κ3) is 6.19. The van der Waals surface area contributed by atoms with Gasteiger partial charge in [-0.25, -0.2) is 0 Å². The predicted molar refractivity (Wildman–Crippen MR) is 118 cm³/mol. The predicted octanol–water partition coefficient (Wildman–Crippen LogP) is 2.61. The molecule has 2 N–H and O–H groups in total. The van der Waals surface area contributed by atoms with Gasteiger partial charge < -0.3 is 15.4 Å². The number of guanidine groups is 1. The number of hydrogen-bond donors (Lipinski definition) is 2. The van der Waals surface area contributed by atoms with Crippen LogP contribution in [0.4, 0.5) is 0 Å². The van der Waals surface area contributed by atoms with E-state index in [4.69, 9.17) is 4.74 Å². The van der Waals surface area contributed by atoms with Gasteiger partial charge in [0.05, 0.1) is 12.8 Å². The lowest BCUT2D eigenvalue weighted by Gasteiger charge is -2.12. The van der Waals surface area contributed by atoms with Crippen LogP contribution in [-0.4, -0.2) is 43.0 Å². The van der Waals surface area contributed by atoms with E-state index in [0.717, 1.165) is 43.3 Å². The molecule has 2 rings (SSSR count). The molecule has 1 aromatic carbocycles. The van der Waals surface area contributed by atoms with Crippen molar-refractivity contribution in [2.45, 2.75) is 26.7 Å². The number of rotatable bonds is 7. The van der Waals surface area contributed by atoms with Crippen LogP contribution in [0.5, 0.6) is 5.75 Å². The second-order valence-corrected chi connectivity index (χ2v) is 6.05. The van der Waals surface area contributed by atoms with Crippen molar-refractivity contribution in [2.24, 2.45) is 12.0 Å². The third-order valence-electron chi connectivity index (χ3n) is 4.42. The maximum Gasteiger partial charge on any atom is 0.190 e. The monoisotopic (exact) mass is 471 g/mol. The molecule has 7 heteroatoms. The molecule has 1 heterocycles. The molecule has 0 atom stereocenters. The van der Waals surface area contributed by atoms with E-state index in [1.54, 1.807) is 14.2 Å². The molecule has 0 radical (unpaired) electrons. The number of aliphatic imine (C=N–C) groups is 1. The Labute approximate surface area is 173 Å². The van der Waals surface area contributed by atoms with Crippen LogP contribution < -0.4 is 15.4 Å². The standard InChI is InChI=1S/C19H29N5O.HI/c1-14-18(15(2)24(4)23-14)11-13-22-19(20-3)21-12-10-16-6-8-17(25-5)9-7-16;/h6-9H,10-13H2,1-5H3,(H2,20,21,22);1H. The molecule has 1 aromatic heterocycles. The van der Waals surface area contributed by atoms with Gasteiger partial charge in [-0.15, -0.1) is 24.0 Å². The molecule has 0 aliphatic carbocycles. The summed E-state index contributed by atoms with van der Waals surface area (Å²) < 4.78 is 7.11. The first-order valence-electron chi connectivity index (χ1n) is 8.61. The zero-order valence-electron chi connectivity index (χ0n) is 16.3. The van der Waals surface area contributed by atoms with Gasteiger partial charge in [0.25, 0.3) is 0 Å². The quantitative estimate of drug-likeness (QED) is 0.370. The fourth-order valence-electron chi connectivity index (χ4n) is 2.82. The van der Waals surface area contributed by atoms with Crippen molar-refractivity contribution in [1.82, 2.24) is 20.4 Å². The number of nitrogens with zero attached hydrogens (tertiary/aromatic N) is 3. The number of benzene rings is 1. The van der Waals surface area contributed by atoms with E-state index in [9.17, 15) is 0 Å². The summed E-state index contributed by atoms with van der Waals surface area (Å²) in [5, 5.41) is 11.2. The average molecular weight is 471 g/mol. The molecule has 144 valence electrons. The summed E-state index contributed by atoms with van der Waals surface area (Å²) in [5.41, 5.74) is 4.90. The third-order valence-corrected chi connectivity index (χ3v) is 4.42. The molecule has 0 bridgehead atoms. The van der Waals surface area contributed by atoms with Crippen LogP contribution in [0.25, 0.3) is 0 Å². The summed E-state index contributed by atoms with van der Waals surface area (Å²) in [5.74, 6) is 1.71. The van der Waals surface area contributed by atoms with Crippen LogP contribution >= 0.6 is 24.0 Å². The highest BCUT2D eigenvalue weighted by atomic mass is 127. The normalized spacial score (nSPS) is 11.0. The van der Waals surface area contributed by atoms with E-state index in [0.29, 0.717) is 0 Å². The first-order chi connectivity index (χ1) is 12.0. The summed E-state index contributed by atoms with van der Waals surface area (Å²) in [6.07, 6.45) is 1.87. The molecule has 2 aromatic rings. The first-order valence-corrected chi connectivity index (χ1v) is 8.61. The highest BCUT2D eigenvalue weighted by Crippen LogP contribution is 2.12. The number of halogens is 1. The van der Waals surface area contributed by atoms with Gasteiger partial charge in [-0.2, -0.15) is 5.10 Å². The van der Waals surface area contributed by atoms with Gasteiger partial charge in [0.15, 0.2) is 5.96 Å². The molecule has 0 unspecified atom stereocenters. The van der Waals surface area contributed by atoms with Gasteiger partial charge in [-0.3, -0.25) is 9.67 Å². The van der Waals surface area contributed by atoms with Gasteiger partial charge in [0.1, 0.15) is 5.75 Å². The first kappa shape index (κ1) is 22.3. The van der Waals surface area contributed by atoms with Crippen molar-refractivity contribution in [1.29, 1.82) is 0 Å². The Morgan fingerprint density at radius 3 is 2.23 bits per heavy atom. The molecule has 0 fully saturated rings. The molecule has 0 amide bonds. The second kappa shape index (κ2) is 11.1. The largest absolute Gasteiger partial charge is 0.497 e. The lowest BCUT2D eigenvalue weighted by atomic mass is 10.1. The topological polar surface area (TPSA) is 63.5 Å². The van der Waals surface area contributed by atoms with E-state index in [1.807, 2.05) is 23.9 Å². The summed E-state index contributed by atoms with van der Waals surface area (Å²) in [6.45, 7) is 5.83. The summed E-state index contributed by atoms with van der Waals surface area (Å²) in [7, 11) is 5.46. The summed E-state index contributed by atoms with van der Waals surface area (Å²) in [6, 6.07) is 8.15. The van der Waals surface area contributed by atoms with Crippen molar-refractivity contribution in [3.05, 3.63) is 46.8 Å². The fourth-order valence-corrected chi connectivity index (χ4v) is 2.82. The van der Waals surface area contributed by atoms with E-state index in [-0.39, 0.29) is 24.0 Å². The van der Waals surface area contributed by atoms with Gasteiger partial charge in [0.2, 0.25) is 0 Å². The van der Waals surface area contributed by atoms with Crippen molar-refractivity contribution in [2.75, 3.05) is 27.2 Å². The Balaban J connectivity index is 0.00000338. The minimum atomic E-state index is 0. The molecular formula is C19H30IN5O. The van der Waals surface area contributed by atoms with Gasteiger partial charge in [-0.05, 0) is 49.9 Å². The van der Waals surface area contributed by atoms with Crippen molar-refractivity contribution in [3.8, 4) is 5.75 Å². The Morgan fingerprint density at radius 2 is 1.73 bits per heavy atom. The Hall–Kier alpha value is -1.77. The Kier molecular flexibility index (Phi) is 9.47. The molecule has 26 heavy (non-hydrogen) atoms. The van der Waals surface area contributed by atoms with E-state index < -0.39 is 0 Å². The number of methoxy groups -OCH3 is 1. The average Bonchev–Trinajstić information content (AvgIpc) is 2.86. The van der Waals surface area contributed by atoms with Crippen molar-refractivity contribution in [3.63, 3.8) is 0 Å². The fraction of sp³-hybridized carbons (Fsp3) is 0.474. The number of hydrogen-bond acceptors (Lipinski definition) is 3. The molecular weight excluding hydrogens is 441 g/mol. The smallest absolute Gasteiger partial charge is 0.190 e. The van der Waals surface area contributed by atoms with Gasteiger partial charge in [-0.1, -0.05) is 12.1 Å². The number of nitrogens with one attached hydrogen (secondary N) is 2. The number of aryl methyl sites for hydroxylation is 2. The number of aromatic nitrogens is 2. The van der Waals surface area contributed by atoms with Gasteiger partial charge in [0, 0.05) is 32.9 Å². The maximum absolute atomic E-state index is 5.18. The highest BCUT2D eigenvalue weighted by molar-refractivity contribution is 14.0. The molecule has 0 aliphatic heterocycles. The van der Waals surface area contributed by atoms with E-state index in [2.05, 4.69) is 46.7 Å². The Morgan fingerprint density at radius 1 is 1.12 bits per heavy atom. The van der Waals surface area contributed by atoms with E-state index >= 15 is 0 Å². The van der Waals surface area contributed by atoms with Crippen LogP contribution in [-0.2, 0) is 19.9 Å².